The molecule has 0 aliphatic carbocycles. The van der Waals surface area contributed by atoms with E-state index in [0.717, 1.165) is 17.7 Å². The molecule has 20 heavy (non-hydrogen) atoms. The Hall–Kier alpha value is -1.03. The van der Waals surface area contributed by atoms with Crippen molar-refractivity contribution in [2.75, 3.05) is 21.3 Å². The van der Waals surface area contributed by atoms with Gasteiger partial charge in [-0.2, -0.15) is 0 Å². The average molecular weight is 313 g/mol. The molecule has 0 bridgehead atoms. The predicted octanol–water partition coefficient (Wildman–Crippen LogP) is 3.59. The van der Waals surface area contributed by atoms with Crippen molar-refractivity contribution in [3.8, 4) is 5.75 Å². The quantitative estimate of drug-likeness (QED) is 0.438. The summed E-state index contributed by atoms with van der Waals surface area (Å²) in [5, 5.41) is 4.10. The summed E-state index contributed by atoms with van der Waals surface area (Å²) in [5.74, 6) is 0.832. The van der Waals surface area contributed by atoms with Gasteiger partial charge in [0.1, 0.15) is 5.75 Å². The van der Waals surface area contributed by atoms with E-state index < -0.39 is 6.85 Å². The zero-order chi connectivity index (χ0) is 15.2. The van der Waals surface area contributed by atoms with Crippen molar-refractivity contribution >= 4 is 24.9 Å². The molecule has 2 atom stereocenters. The summed E-state index contributed by atoms with van der Waals surface area (Å²) in [7, 11) is 5.25. The van der Waals surface area contributed by atoms with Gasteiger partial charge >= 0.3 is 6.85 Å². The number of hydrazone groups is 1. The molecule has 0 aromatic heterocycles. The molecule has 1 aromatic rings. The molecular formula is C14H22N2O2PS+. The number of hydrogen-bond donors (Lipinski definition) is 0. The molecule has 0 aliphatic rings. The summed E-state index contributed by atoms with van der Waals surface area (Å²) in [5.41, 5.74) is 1.01. The second-order valence-electron chi connectivity index (χ2n) is 4.51. The maximum atomic E-state index is 5.58. The number of methoxy groups -OCH3 is 2. The van der Waals surface area contributed by atoms with Crippen LogP contribution in [0.1, 0.15) is 25.8 Å². The Morgan fingerprint density at radius 1 is 1.35 bits per heavy atom. The standard InChI is InChI=1S/C14H22N2O2PS/c1-6-14(2,18-5)19(20)16(3)15-11-12-7-9-13(17-4)10-8-12/h7-11H,6H2,1-5H3/q+1/b15-11+. The van der Waals surface area contributed by atoms with Crippen molar-refractivity contribution in [3.63, 3.8) is 0 Å². The van der Waals surface area contributed by atoms with E-state index in [2.05, 4.69) is 12.0 Å². The summed E-state index contributed by atoms with van der Waals surface area (Å²) in [6, 6.07) is 7.72. The fourth-order valence-corrected chi connectivity index (χ4v) is 3.47. The third kappa shape index (κ3) is 4.23. The Labute approximate surface area is 127 Å². The second-order valence-corrected chi connectivity index (χ2v) is 7.62. The molecule has 1 aromatic carbocycles. The number of hydrogen-bond acceptors (Lipinski definition) is 4. The Morgan fingerprint density at radius 2 is 1.95 bits per heavy atom. The Bertz CT molecular complexity index is 473. The molecule has 0 N–H and O–H groups in total. The third-order valence-corrected chi connectivity index (χ3v) is 7.06. The van der Waals surface area contributed by atoms with Crippen molar-refractivity contribution in [1.29, 1.82) is 0 Å². The molecule has 0 heterocycles. The van der Waals surface area contributed by atoms with E-state index in [-0.39, 0.29) is 5.34 Å². The van der Waals surface area contributed by atoms with Gasteiger partial charge in [-0.15, -0.1) is 9.88 Å². The van der Waals surface area contributed by atoms with Crippen LogP contribution in [0.2, 0.25) is 0 Å². The van der Waals surface area contributed by atoms with E-state index in [1.165, 1.54) is 0 Å². The van der Waals surface area contributed by atoms with Crippen LogP contribution in [0.15, 0.2) is 29.4 Å². The monoisotopic (exact) mass is 313 g/mol. The minimum Gasteiger partial charge on any atom is -0.497 e. The highest BCUT2D eigenvalue weighted by Crippen LogP contribution is 2.44. The number of nitrogens with zero attached hydrogens (tertiary/aromatic N) is 2. The lowest BCUT2D eigenvalue weighted by Gasteiger charge is -2.19. The first-order chi connectivity index (χ1) is 9.46. The zero-order valence-electron chi connectivity index (χ0n) is 12.7. The maximum Gasteiger partial charge on any atom is 0.345 e. The van der Waals surface area contributed by atoms with Crippen LogP contribution < -0.4 is 4.74 Å². The third-order valence-electron chi connectivity index (χ3n) is 3.25. The normalized spacial score (nSPS) is 14.9. The second kappa shape index (κ2) is 7.67. The summed E-state index contributed by atoms with van der Waals surface area (Å²) in [6.45, 7) is 3.19. The highest BCUT2D eigenvalue weighted by molar-refractivity contribution is 8.04. The molecule has 0 saturated heterocycles. The first-order valence-electron chi connectivity index (χ1n) is 6.41. The van der Waals surface area contributed by atoms with Crippen LogP contribution in [0, 0.1) is 0 Å². The van der Waals surface area contributed by atoms with Crippen molar-refractivity contribution < 1.29 is 9.47 Å². The lowest BCUT2D eigenvalue weighted by Crippen LogP contribution is -2.25. The van der Waals surface area contributed by atoms with Crippen molar-refractivity contribution in [2.24, 2.45) is 5.10 Å². The highest BCUT2D eigenvalue weighted by Gasteiger charge is 2.42. The van der Waals surface area contributed by atoms with Gasteiger partial charge in [-0.3, -0.25) is 0 Å². The predicted molar refractivity (Wildman–Crippen MR) is 88.3 cm³/mol. The van der Waals surface area contributed by atoms with Crippen LogP contribution in [0.25, 0.3) is 0 Å². The Morgan fingerprint density at radius 3 is 2.40 bits per heavy atom. The SMILES string of the molecule is CCC(C)(OC)[P+](=S)N(C)/N=C/c1ccc(OC)cc1. The lowest BCUT2D eigenvalue weighted by molar-refractivity contribution is 0.0764. The van der Waals surface area contributed by atoms with Gasteiger partial charge in [-0.25, -0.2) is 0 Å². The molecule has 0 amide bonds. The van der Waals surface area contributed by atoms with Gasteiger partial charge in [0.15, 0.2) is 11.8 Å². The van der Waals surface area contributed by atoms with E-state index >= 15 is 0 Å². The van der Waals surface area contributed by atoms with Crippen LogP contribution in [0.3, 0.4) is 0 Å². The topological polar surface area (TPSA) is 34.1 Å². The highest BCUT2D eigenvalue weighted by atomic mass is 32.4. The first-order valence-corrected chi connectivity index (χ1v) is 8.71. The molecule has 0 aliphatic heterocycles. The van der Waals surface area contributed by atoms with E-state index in [9.17, 15) is 0 Å². The molecule has 0 saturated carbocycles. The molecule has 6 heteroatoms. The van der Waals surface area contributed by atoms with Crippen LogP contribution in [0.4, 0.5) is 0 Å². The van der Waals surface area contributed by atoms with E-state index in [0.29, 0.717) is 0 Å². The minimum absolute atomic E-state index is 0.323. The molecule has 1 rings (SSSR count). The van der Waals surface area contributed by atoms with Gasteiger partial charge in [0.25, 0.3) is 5.34 Å². The molecule has 0 spiro atoms. The summed E-state index contributed by atoms with van der Waals surface area (Å²) in [4.78, 5) is 0. The number of benzene rings is 1. The van der Waals surface area contributed by atoms with E-state index in [4.69, 9.17) is 21.3 Å². The molecule has 4 nitrogen and oxygen atoms in total. The molecule has 0 radical (unpaired) electrons. The van der Waals surface area contributed by atoms with Crippen LogP contribution >= 0.6 is 6.85 Å². The van der Waals surface area contributed by atoms with Crippen molar-refractivity contribution in [3.05, 3.63) is 29.8 Å². The number of ether oxygens (including phenoxy) is 2. The van der Waals surface area contributed by atoms with Gasteiger partial charge in [-0.05, 0) is 29.8 Å². The van der Waals surface area contributed by atoms with Crippen molar-refractivity contribution in [1.82, 2.24) is 4.78 Å². The smallest absolute Gasteiger partial charge is 0.345 e. The van der Waals surface area contributed by atoms with Gasteiger partial charge in [-0.1, -0.05) is 6.92 Å². The molecule has 0 fully saturated rings. The fraction of sp³-hybridized carbons (Fsp3) is 0.500. The number of rotatable bonds is 7. The van der Waals surface area contributed by atoms with Crippen LogP contribution in [0.5, 0.6) is 5.75 Å². The summed E-state index contributed by atoms with van der Waals surface area (Å²) >= 11 is 5.58. The largest absolute Gasteiger partial charge is 0.497 e. The van der Waals surface area contributed by atoms with Crippen LogP contribution in [-0.2, 0) is 16.5 Å². The van der Waals surface area contributed by atoms with Gasteiger partial charge in [0.05, 0.1) is 20.4 Å². The summed E-state index contributed by atoms with van der Waals surface area (Å²) < 4.78 is 12.5. The van der Waals surface area contributed by atoms with Crippen molar-refractivity contribution in [2.45, 2.75) is 25.6 Å². The Kier molecular flexibility index (Phi) is 6.53. The van der Waals surface area contributed by atoms with Gasteiger partial charge in [0, 0.05) is 20.5 Å². The molecular weight excluding hydrogens is 291 g/mol. The van der Waals surface area contributed by atoms with E-state index in [1.54, 1.807) is 20.4 Å². The minimum atomic E-state index is -0.921. The zero-order valence-corrected chi connectivity index (χ0v) is 14.4. The maximum absolute atomic E-state index is 5.58. The van der Waals surface area contributed by atoms with Gasteiger partial charge < -0.3 is 9.47 Å². The average Bonchev–Trinajstić information content (AvgIpc) is 2.51. The summed E-state index contributed by atoms with van der Waals surface area (Å²) in [6.07, 6.45) is 2.66. The lowest BCUT2D eigenvalue weighted by atomic mass is 10.2. The van der Waals surface area contributed by atoms with Gasteiger partial charge in [0.2, 0.25) is 0 Å². The Balaban J connectivity index is 2.75. The van der Waals surface area contributed by atoms with E-state index in [1.807, 2.05) is 43.0 Å². The van der Waals surface area contributed by atoms with Crippen LogP contribution in [-0.4, -0.2) is 37.6 Å². The fourth-order valence-electron chi connectivity index (χ4n) is 1.55. The molecule has 2 unspecified atom stereocenters. The molecule has 110 valence electrons. The first kappa shape index (κ1) is 17.0.